The fourth-order valence-corrected chi connectivity index (χ4v) is 2.58. The van der Waals surface area contributed by atoms with Gasteiger partial charge in [0.1, 0.15) is 5.15 Å². The van der Waals surface area contributed by atoms with E-state index in [1.165, 1.54) is 16.0 Å². The monoisotopic (exact) mass is 249 g/mol. The van der Waals surface area contributed by atoms with Gasteiger partial charge in [0.25, 0.3) is 0 Å². The molecule has 3 heteroatoms. The molecule has 0 amide bonds. The number of aromatic nitrogens is 1. The molecule has 0 aliphatic rings. The number of hydrogen-bond acceptors (Lipinski definition) is 2. The highest BCUT2D eigenvalue weighted by Crippen LogP contribution is 2.27. The Morgan fingerprint density at radius 3 is 2.75 bits per heavy atom. The topological polar surface area (TPSA) is 12.9 Å². The van der Waals surface area contributed by atoms with Crippen molar-refractivity contribution in [2.75, 3.05) is 0 Å². The standard InChI is InChI=1S/C13H12ClNS/c1-10-8-15-13(14)7-12(10)16-9-11-5-3-2-4-6-11/h2-8H,9H2,1H3. The maximum atomic E-state index is 5.87. The molecule has 2 aromatic rings. The summed E-state index contributed by atoms with van der Waals surface area (Å²) in [5, 5.41) is 0.557. The number of nitrogens with zero attached hydrogens (tertiary/aromatic N) is 1. The van der Waals surface area contributed by atoms with E-state index in [2.05, 4.69) is 36.2 Å². The van der Waals surface area contributed by atoms with Crippen LogP contribution < -0.4 is 0 Å². The summed E-state index contributed by atoms with van der Waals surface area (Å²) in [6, 6.07) is 12.3. The average molecular weight is 250 g/mol. The predicted molar refractivity (Wildman–Crippen MR) is 70.0 cm³/mol. The molecule has 0 N–H and O–H groups in total. The second-order valence-corrected chi connectivity index (χ2v) is 4.95. The Morgan fingerprint density at radius 1 is 1.25 bits per heavy atom. The van der Waals surface area contributed by atoms with Crippen LogP contribution in [0.4, 0.5) is 0 Å². The average Bonchev–Trinajstić information content (AvgIpc) is 2.32. The SMILES string of the molecule is Cc1cnc(Cl)cc1SCc1ccccc1. The third kappa shape index (κ3) is 3.00. The van der Waals surface area contributed by atoms with Gasteiger partial charge >= 0.3 is 0 Å². The smallest absolute Gasteiger partial charge is 0.130 e. The Balaban J connectivity index is 2.08. The molecule has 0 radical (unpaired) electrons. The quantitative estimate of drug-likeness (QED) is 0.593. The van der Waals surface area contributed by atoms with Gasteiger partial charge in [0, 0.05) is 16.8 Å². The lowest BCUT2D eigenvalue weighted by atomic mass is 10.2. The van der Waals surface area contributed by atoms with Crippen molar-refractivity contribution < 1.29 is 0 Å². The number of aryl methyl sites for hydroxylation is 1. The lowest BCUT2D eigenvalue weighted by molar-refractivity contribution is 1.18. The Bertz CT molecular complexity index is 471. The molecule has 0 saturated carbocycles. The van der Waals surface area contributed by atoms with Crippen LogP contribution >= 0.6 is 23.4 Å². The number of pyridine rings is 1. The summed E-state index contributed by atoms with van der Waals surface area (Å²) in [5.41, 5.74) is 2.49. The van der Waals surface area contributed by atoms with Crippen molar-refractivity contribution >= 4 is 23.4 Å². The minimum Gasteiger partial charge on any atom is -0.244 e. The van der Waals surface area contributed by atoms with E-state index in [9.17, 15) is 0 Å². The third-order valence-corrected chi connectivity index (χ3v) is 3.69. The van der Waals surface area contributed by atoms with E-state index in [0.717, 1.165) is 5.75 Å². The van der Waals surface area contributed by atoms with Crippen LogP contribution in [-0.4, -0.2) is 4.98 Å². The number of rotatable bonds is 3. The Labute approximate surface area is 105 Å². The van der Waals surface area contributed by atoms with E-state index >= 15 is 0 Å². The molecule has 0 atom stereocenters. The van der Waals surface area contributed by atoms with Crippen molar-refractivity contribution in [3.05, 3.63) is 58.9 Å². The van der Waals surface area contributed by atoms with E-state index < -0.39 is 0 Å². The molecule has 1 aromatic carbocycles. The summed E-state index contributed by atoms with van der Waals surface area (Å²) in [7, 11) is 0. The van der Waals surface area contributed by atoms with Crippen LogP contribution in [0.2, 0.25) is 5.15 Å². The van der Waals surface area contributed by atoms with Crippen LogP contribution in [0, 0.1) is 6.92 Å². The van der Waals surface area contributed by atoms with Gasteiger partial charge in [-0.25, -0.2) is 4.98 Å². The molecule has 0 bridgehead atoms. The highest BCUT2D eigenvalue weighted by atomic mass is 35.5. The minimum absolute atomic E-state index is 0.557. The van der Waals surface area contributed by atoms with Crippen molar-refractivity contribution in [2.45, 2.75) is 17.6 Å². The van der Waals surface area contributed by atoms with Crippen LogP contribution in [0.25, 0.3) is 0 Å². The molecule has 2 rings (SSSR count). The van der Waals surface area contributed by atoms with Crippen molar-refractivity contribution in [3.8, 4) is 0 Å². The first-order valence-electron chi connectivity index (χ1n) is 5.04. The van der Waals surface area contributed by atoms with Crippen LogP contribution in [-0.2, 0) is 5.75 Å². The Kier molecular flexibility index (Phi) is 3.86. The zero-order valence-corrected chi connectivity index (χ0v) is 10.6. The fourth-order valence-electron chi connectivity index (χ4n) is 1.37. The number of thioether (sulfide) groups is 1. The van der Waals surface area contributed by atoms with Gasteiger partial charge in [0.15, 0.2) is 0 Å². The zero-order valence-electron chi connectivity index (χ0n) is 8.98. The highest BCUT2D eigenvalue weighted by molar-refractivity contribution is 7.98. The molecule has 0 unspecified atom stereocenters. The molecule has 0 spiro atoms. The summed E-state index contributed by atoms with van der Waals surface area (Å²) < 4.78 is 0. The van der Waals surface area contributed by atoms with Gasteiger partial charge in [-0.05, 0) is 24.1 Å². The van der Waals surface area contributed by atoms with Crippen LogP contribution in [0.15, 0.2) is 47.5 Å². The maximum absolute atomic E-state index is 5.87. The van der Waals surface area contributed by atoms with Crippen LogP contribution in [0.3, 0.4) is 0 Å². The van der Waals surface area contributed by atoms with Gasteiger partial charge in [-0.3, -0.25) is 0 Å². The van der Waals surface area contributed by atoms with Gasteiger partial charge in [0.05, 0.1) is 0 Å². The maximum Gasteiger partial charge on any atom is 0.130 e. The van der Waals surface area contributed by atoms with E-state index in [1.54, 1.807) is 11.8 Å². The van der Waals surface area contributed by atoms with Gasteiger partial charge < -0.3 is 0 Å². The Morgan fingerprint density at radius 2 is 2.00 bits per heavy atom. The first-order chi connectivity index (χ1) is 7.75. The lowest BCUT2D eigenvalue weighted by Gasteiger charge is -2.05. The predicted octanol–water partition coefficient (Wildman–Crippen LogP) is 4.34. The fraction of sp³-hybridized carbons (Fsp3) is 0.154. The summed E-state index contributed by atoms with van der Waals surface area (Å²) in [6.45, 7) is 2.05. The molecular weight excluding hydrogens is 238 g/mol. The van der Waals surface area contributed by atoms with Gasteiger partial charge in [-0.15, -0.1) is 11.8 Å². The zero-order chi connectivity index (χ0) is 11.4. The van der Waals surface area contributed by atoms with E-state index in [1.807, 2.05) is 18.3 Å². The molecule has 0 aliphatic carbocycles. The molecule has 0 aliphatic heterocycles. The summed E-state index contributed by atoms with van der Waals surface area (Å²) in [6.07, 6.45) is 1.82. The van der Waals surface area contributed by atoms with Crippen LogP contribution in [0.1, 0.15) is 11.1 Å². The van der Waals surface area contributed by atoms with Crippen molar-refractivity contribution in [1.29, 1.82) is 0 Å². The number of hydrogen-bond donors (Lipinski definition) is 0. The van der Waals surface area contributed by atoms with E-state index in [-0.39, 0.29) is 0 Å². The van der Waals surface area contributed by atoms with Crippen molar-refractivity contribution in [2.24, 2.45) is 0 Å². The molecule has 16 heavy (non-hydrogen) atoms. The number of benzene rings is 1. The largest absolute Gasteiger partial charge is 0.244 e. The first kappa shape index (κ1) is 11.5. The summed E-state index contributed by atoms with van der Waals surface area (Å²) in [5.74, 6) is 0.960. The second kappa shape index (κ2) is 5.37. The molecule has 1 nitrogen and oxygen atoms in total. The first-order valence-corrected chi connectivity index (χ1v) is 6.41. The minimum atomic E-state index is 0.557. The highest BCUT2D eigenvalue weighted by Gasteiger charge is 2.01. The van der Waals surface area contributed by atoms with Crippen LogP contribution in [0.5, 0.6) is 0 Å². The third-order valence-electron chi connectivity index (χ3n) is 2.26. The Hall–Kier alpha value is -0.990. The van der Waals surface area contributed by atoms with Gasteiger partial charge in [-0.2, -0.15) is 0 Å². The summed E-state index contributed by atoms with van der Waals surface area (Å²) in [4.78, 5) is 5.24. The van der Waals surface area contributed by atoms with Crippen molar-refractivity contribution in [3.63, 3.8) is 0 Å². The molecule has 1 heterocycles. The lowest BCUT2D eigenvalue weighted by Crippen LogP contribution is -1.85. The van der Waals surface area contributed by atoms with Gasteiger partial charge in [-0.1, -0.05) is 41.9 Å². The molecule has 0 saturated heterocycles. The molecule has 1 aromatic heterocycles. The number of halogens is 1. The van der Waals surface area contributed by atoms with Gasteiger partial charge in [0.2, 0.25) is 0 Å². The van der Waals surface area contributed by atoms with E-state index in [4.69, 9.17) is 11.6 Å². The molecular formula is C13H12ClNS. The van der Waals surface area contributed by atoms with E-state index in [0.29, 0.717) is 5.15 Å². The molecule has 0 fully saturated rings. The second-order valence-electron chi connectivity index (χ2n) is 3.55. The van der Waals surface area contributed by atoms with Crippen molar-refractivity contribution in [1.82, 2.24) is 4.98 Å². The normalized spacial score (nSPS) is 10.4. The molecule has 82 valence electrons. The summed E-state index contributed by atoms with van der Waals surface area (Å²) >= 11 is 7.66.